The molecule has 0 aliphatic rings. The predicted octanol–water partition coefficient (Wildman–Crippen LogP) is 14.2. The summed E-state index contributed by atoms with van der Waals surface area (Å²) < 4.78 is 10.4. The van der Waals surface area contributed by atoms with Crippen molar-refractivity contribution in [2.45, 2.75) is 258 Å². The van der Waals surface area contributed by atoms with Gasteiger partial charge in [0.05, 0.1) is 0 Å². The average Bonchev–Trinajstić information content (AvgIpc) is 3.12. The maximum atomic E-state index is 12.0. The number of unbranched alkanes of at least 4 members (excludes halogenated alkanes) is 30. The number of aliphatic hydroxyl groups is 1. The number of carbonyl (C=O) groups excluding carboxylic acids is 2. The molecule has 50 heavy (non-hydrogen) atoms. The van der Waals surface area contributed by atoms with Crippen LogP contribution < -0.4 is 0 Å². The summed E-state index contributed by atoms with van der Waals surface area (Å²) in [5.41, 5.74) is 0. The molecule has 298 valence electrons. The van der Waals surface area contributed by atoms with Crippen LogP contribution in [0.4, 0.5) is 0 Å². The topological polar surface area (TPSA) is 72.8 Å². The molecule has 5 heteroatoms. The van der Waals surface area contributed by atoms with Gasteiger partial charge in [-0.3, -0.25) is 9.59 Å². The molecule has 0 saturated carbocycles. The van der Waals surface area contributed by atoms with E-state index >= 15 is 0 Å². The van der Waals surface area contributed by atoms with Crippen LogP contribution in [-0.2, 0) is 19.1 Å². The number of hydrogen-bond acceptors (Lipinski definition) is 5. The summed E-state index contributed by atoms with van der Waals surface area (Å²) in [6, 6.07) is 0. The zero-order valence-corrected chi connectivity index (χ0v) is 34.1. The van der Waals surface area contributed by atoms with Gasteiger partial charge in [-0.25, -0.2) is 0 Å². The van der Waals surface area contributed by atoms with Crippen molar-refractivity contribution in [2.75, 3.05) is 13.2 Å². The van der Waals surface area contributed by atoms with Gasteiger partial charge in [-0.05, 0) is 18.8 Å². The Labute approximate surface area is 312 Å². The predicted molar refractivity (Wildman–Crippen MR) is 215 cm³/mol. The fourth-order valence-corrected chi connectivity index (χ4v) is 6.83. The number of esters is 2. The molecule has 0 radical (unpaired) electrons. The highest BCUT2D eigenvalue weighted by Gasteiger charge is 2.12. The lowest BCUT2D eigenvalue weighted by atomic mass is 9.99. The van der Waals surface area contributed by atoms with Crippen molar-refractivity contribution >= 4 is 11.9 Å². The van der Waals surface area contributed by atoms with Gasteiger partial charge in [-0.2, -0.15) is 0 Å². The number of rotatable bonds is 41. The third-order valence-corrected chi connectivity index (χ3v) is 10.6. The van der Waals surface area contributed by atoms with Crippen molar-refractivity contribution < 1.29 is 24.2 Å². The highest BCUT2D eigenvalue weighted by atomic mass is 16.6. The van der Waals surface area contributed by atoms with E-state index in [1.54, 1.807) is 0 Å². The standard InChI is InChI=1S/C45H88O5/c1-4-6-7-8-9-10-11-12-13-14-15-16-20-23-26-29-32-35-38-44(47)49-40-43(46)41-50-45(48)39-36-33-30-27-24-21-18-17-19-22-25-28-31-34-37-42(3)5-2/h42-43,46H,4-41H2,1-3H3/t42?,43-/m1/s1. The van der Waals surface area contributed by atoms with Crippen LogP contribution in [0.15, 0.2) is 0 Å². The van der Waals surface area contributed by atoms with Crippen LogP contribution in [0, 0.1) is 5.92 Å². The minimum absolute atomic E-state index is 0.107. The molecule has 0 aromatic carbocycles. The summed E-state index contributed by atoms with van der Waals surface area (Å²) in [5, 5.41) is 10.0. The van der Waals surface area contributed by atoms with E-state index < -0.39 is 6.10 Å². The lowest BCUT2D eigenvalue weighted by Gasteiger charge is -2.12. The molecule has 0 fully saturated rings. The Balaban J connectivity index is 3.36. The highest BCUT2D eigenvalue weighted by molar-refractivity contribution is 5.69. The fraction of sp³-hybridized carbons (Fsp3) is 0.956. The van der Waals surface area contributed by atoms with Gasteiger partial charge in [0.25, 0.3) is 0 Å². The smallest absolute Gasteiger partial charge is 0.305 e. The summed E-state index contributed by atoms with van der Waals surface area (Å²) >= 11 is 0. The molecule has 0 heterocycles. The molecular weight excluding hydrogens is 620 g/mol. The first-order chi connectivity index (χ1) is 24.5. The van der Waals surface area contributed by atoms with E-state index in [2.05, 4.69) is 20.8 Å². The third-order valence-electron chi connectivity index (χ3n) is 10.6. The van der Waals surface area contributed by atoms with E-state index in [1.165, 1.54) is 193 Å². The zero-order valence-electron chi connectivity index (χ0n) is 34.1. The van der Waals surface area contributed by atoms with Gasteiger partial charge in [0.1, 0.15) is 19.3 Å². The van der Waals surface area contributed by atoms with E-state index in [0.29, 0.717) is 12.8 Å². The molecular formula is C45H88O5. The zero-order chi connectivity index (χ0) is 36.6. The Morgan fingerprint density at radius 2 is 0.680 bits per heavy atom. The van der Waals surface area contributed by atoms with Crippen LogP contribution >= 0.6 is 0 Å². The van der Waals surface area contributed by atoms with Gasteiger partial charge >= 0.3 is 11.9 Å². The Bertz CT molecular complexity index is 695. The first kappa shape index (κ1) is 48.9. The first-order valence-electron chi connectivity index (χ1n) is 22.5. The minimum Gasteiger partial charge on any atom is -0.463 e. The molecule has 5 nitrogen and oxygen atoms in total. The molecule has 0 spiro atoms. The molecule has 0 amide bonds. The number of ether oxygens (including phenoxy) is 2. The summed E-state index contributed by atoms with van der Waals surface area (Å²) in [6.45, 7) is 6.73. The first-order valence-corrected chi connectivity index (χ1v) is 22.5. The van der Waals surface area contributed by atoms with Gasteiger partial charge in [0.15, 0.2) is 0 Å². The quantitative estimate of drug-likeness (QED) is 0.0505. The Morgan fingerprint density at radius 3 is 0.960 bits per heavy atom. The van der Waals surface area contributed by atoms with E-state index in [1.807, 2.05) is 0 Å². The van der Waals surface area contributed by atoms with Gasteiger partial charge in [0.2, 0.25) is 0 Å². The highest BCUT2D eigenvalue weighted by Crippen LogP contribution is 2.17. The van der Waals surface area contributed by atoms with Crippen molar-refractivity contribution in [3.8, 4) is 0 Å². The molecule has 0 rings (SSSR count). The van der Waals surface area contributed by atoms with E-state index in [4.69, 9.17) is 9.47 Å². The van der Waals surface area contributed by atoms with E-state index in [-0.39, 0.29) is 25.2 Å². The summed E-state index contributed by atoms with van der Waals surface area (Å²) in [6.07, 6.45) is 44.5. The van der Waals surface area contributed by atoms with Crippen molar-refractivity contribution in [1.82, 2.24) is 0 Å². The molecule has 1 N–H and O–H groups in total. The lowest BCUT2D eigenvalue weighted by molar-refractivity contribution is -0.152. The molecule has 1 unspecified atom stereocenters. The van der Waals surface area contributed by atoms with Crippen molar-refractivity contribution in [3.05, 3.63) is 0 Å². The molecule has 0 bridgehead atoms. The number of carbonyl (C=O) groups is 2. The van der Waals surface area contributed by atoms with Gasteiger partial charge < -0.3 is 14.6 Å². The van der Waals surface area contributed by atoms with E-state index in [0.717, 1.165) is 31.6 Å². The fourth-order valence-electron chi connectivity index (χ4n) is 6.83. The monoisotopic (exact) mass is 709 g/mol. The lowest BCUT2D eigenvalue weighted by Crippen LogP contribution is -2.25. The normalized spacial score (nSPS) is 12.6. The maximum absolute atomic E-state index is 12.0. The van der Waals surface area contributed by atoms with Crippen LogP contribution in [-0.4, -0.2) is 36.4 Å². The second-order valence-corrected chi connectivity index (χ2v) is 15.8. The van der Waals surface area contributed by atoms with Crippen LogP contribution in [0.2, 0.25) is 0 Å². The molecule has 0 aliphatic carbocycles. The largest absolute Gasteiger partial charge is 0.463 e. The van der Waals surface area contributed by atoms with Crippen LogP contribution in [0.5, 0.6) is 0 Å². The maximum Gasteiger partial charge on any atom is 0.305 e. The third kappa shape index (κ3) is 39.7. The SMILES string of the molecule is CCCCCCCCCCCCCCCCCCCCC(=O)OC[C@@H](O)COC(=O)CCCCCCCCCCCCCCCCC(C)CC. The van der Waals surface area contributed by atoms with Crippen LogP contribution in [0.25, 0.3) is 0 Å². The van der Waals surface area contributed by atoms with Gasteiger partial charge in [-0.1, -0.05) is 226 Å². The molecule has 0 aromatic heterocycles. The Kier molecular flexibility index (Phi) is 39.8. The molecule has 0 aliphatic heterocycles. The van der Waals surface area contributed by atoms with Crippen LogP contribution in [0.3, 0.4) is 0 Å². The van der Waals surface area contributed by atoms with Crippen molar-refractivity contribution in [1.29, 1.82) is 0 Å². The summed E-state index contributed by atoms with van der Waals surface area (Å²) in [7, 11) is 0. The summed E-state index contributed by atoms with van der Waals surface area (Å²) in [5.74, 6) is 0.356. The molecule has 0 aromatic rings. The number of aliphatic hydroxyl groups excluding tert-OH is 1. The van der Waals surface area contributed by atoms with Crippen molar-refractivity contribution in [2.24, 2.45) is 5.92 Å². The summed E-state index contributed by atoms with van der Waals surface area (Å²) in [4.78, 5) is 24.0. The second-order valence-electron chi connectivity index (χ2n) is 15.8. The van der Waals surface area contributed by atoms with E-state index in [9.17, 15) is 14.7 Å². The average molecular weight is 709 g/mol. The molecule has 0 saturated heterocycles. The second kappa shape index (κ2) is 40.7. The Morgan fingerprint density at radius 1 is 0.420 bits per heavy atom. The van der Waals surface area contributed by atoms with Crippen LogP contribution in [0.1, 0.15) is 252 Å². The van der Waals surface area contributed by atoms with Gasteiger partial charge in [-0.15, -0.1) is 0 Å². The van der Waals surface area contributed by atoms with Crippen molar-refractivity contribution in [3.63, 3.8) is 0 Å². The Hall–Kier alpha value is -1.10. The minimum atomic E-state index is -0.956. The van der Waals surface area contributed by atoms with Gasteiger partial charge in [0, 0.05) is 12.8 Å². The molecule has 2 atom stereocenters. The number of hydrogen-bond donors (Lipinski definition) is 1.